The third-order valence-corrected chi connectivity index (χ3v) is 6.76. The van der Waals surface area contributed by atoms with Crippen molar-refractivity contribution in [3.05, 3.63) is 78.0 Å². The van der Waals surface area contributed by atoms with Gasteiger partial charge in [0.05, 0.1) is 6.54 Å². The molecule has 1 aliphatic rings. The normalized spacial score (nSPS) is 14.4. The molecule has 1 aliphatic heterocycles. The van der Waals surface area contributed by atoms with Crippen molar-refractivity contribution in [2.75, 3.05) is 39.5 Å². The molecular weight excluding hydrogens is 471 g/mol. The van der Waals surface area contributed by atoms with E-state index in [2.05, 4.69) is 10.1 Å². The first kappa shape index (κ1) is 24.7. The zero-order valence-corrected chi connectivity index (χ0v) is 21.1. The van der Waals surface area contributed by atoms with Gasteiger partial charge in [0.25, 0.3) is 0 Å². The second-order valence-electron chi connectivity index (χ2n) is 9.73. The van der Waals surface area contributed by atoms with Crippen molar-refractivity contribution in [1.29, 1.82) is 0 Å². The number of piperidine rings is 1. The summed E-state index contributed by atoms with van der Waals surface area (Å²) in [5.41, 5.74) is 10.3. The largest absolute Gasteiger partial charge is 0.489 e. The van der Waals surface area contributed by atoms with Crippen molar-refractivity contribution >= 4 is 17.2 Å². The number of aromatic nitrogens is 3. The Bertz CT molecular complexity index is 1400. The molecule has 9 heteroatoms. The number of anilines is 1. The molecule has 0 bridgehead atoms. The Balaban J connectivity index is 1.44. The molecule has 5 rings (SSSR count). The SMILES string of the molecule is CN(C)CC(=O)N1CCC(c2cc(-c3cc(F)cc(OCc4ccccc4)c3)c3c(N)ncnn23)CC1. The summed E-state index contributed by atoms with van der Waals surface area (Å²) in [5, 5.41) is 4.49. The van der Waals surface area contributed by atoms with Crippen LogP contribution in [0, 0.1) is 5.82 Å². The summed E-state index contributed by atoms with van der Waals surface area (Å²) in [5.74, 6) is 0.679. The number of carbonyl (C=O) groups excluding carboxylic acids is 1. The highest BCUT2D eigenvalue weighted by molar-refractivity contribution is 5.89. The average molecular weight is 503 g/mol. The lowest BCUT2D eigenvalue weighted by Gasteiger charge is -2.32. The van der Waals surface area contributed by atoms with Gasteiger partial charge in [0.1, 0.15) is 30.0 Å². The maximum atomic E-state index is 14.7. The van der Waals surface area contributed by atoms with Gasteiger partial charge in [-0.1, -0.05) is 30.3 Å². The average Bonchev–Trinajstić information content (AvgIpc) is 3.29. The number of hydrogen-bond donors (Lipinski definition) is 1. The molecule has 0 radical (unpaired) electrons. The number of halogens is 1. The van der Waals surface area contributed by atoms with E-state index in [0.717, 1.165) is 29.7 Å². The van der Waals surface area contributed by atoms with Crippen LogP contribution in [0.15, 0.2) is 60.9 Å². The van der Waals surface area contributed by atoms with E-state index < -0.39 is 5.82 Å². The molecule has 1 amide bonds. The zero-order chi connectivity index (χ0) is 25.9. The van der Waals surface area contributed by atoms with Gasteiger partial charge in [-0.2, -0.15) is 5.10 Å². The number of hydrogen-bond acceptors (Lipinski definition) is 6. The summed E-state index contributed by atoms with van der Waals surface area (Å²) in [6, 6.07) is 16.5. The third kappa shape index (κ3) is 5.41. The van der Waals surface area contributed by atoms with Crippen LogP contribution in [-0.4, -0.2) is 64.0 Å². The second kappa shape index (κ2) is 10.6. The monoisotopic (exact) mass is 502 g/mol. The molecule has 2 N–H and O–H groups in total. The molecule has 0 spiro atoms. The summed E-state index contributed by atoms with van der Waals surface area (Å²) in [4.78, 5) is 20.5. The second-order valence-corrected chi connectivity index (χ2v) is 9.73. The van der Waals surface area contributed by atoms with Crippen LogP contribution in [0.2, 0.25) is 0 Å². The van der Waals surface area contributed by atoms with Crippen LogP contribution in [0.3, 0.4) is 0 Å². The van der Waals surface area contributed by atoms with E-state index in [1.807, 2.05) is 70.9 Å². The molecule has 192 valence electrons. The number of likely N-dealkylation sites (N-methyl/N-ethyl adjacent to an activating group) is 1. The van der Waals surface area contributed by atoms with Gasteiger partial charge < -0.3 is 20.3 Å². The van der Waals surface area contributed by atoms with Crippen molar-refractivity contribution in [3.8, 4) is 16.9 Å². The molecule has 37 heavy (non-hydrogen) atoms. The zero-order valence-electron chi connectivity index (χ0n) is 21.1. The first-order valence-corrected chi connectivity index (χ1v) is 12.4. The Labute approximate surface area is 215 Å². The quantitative estimate of drug-likeness (QED) is 0.412. The number of nitrogen functional groups attached to an aromatic ring is 1. The lowest BCUT2D eigenvalue weighted by Crippen LogP contribution is -2.42. The van der Waals surface area contributed by atoms with Gasteiger partial charge >= 0.3 is 0 Å². The Hall–Kier alpha value is -3.98. The lowest BCUT2D eigenvalue weighted by molar-refractivity contribution is -0.132. The van der Waals surface area contributed by atoms with Crippen molar-refractivity contribution in [3.63, 3.8) is 0 Å². The van der Waals surface area contributed by atoms with E-state index in [0.29, 0.717) is 48.9 Å². The summed E-state index contributed by atoms with van der Waals surface area (Å²) < 4.78 is 22.4. The Morgan fingerprint density at radius 3 is 2.62 bits per heavy atom. The van der Waals surface area contributed by atoms with Gasteiger partial charge in [-0.3, -0.25) is 4.79 Å². The van der Waals surface area contributed by atoms with Crippen LogP contribution in [-0.2, 0) is 11.4 Å². The first-order valence-electron chi connectivity index (χ1n) is 12.4. The third-order valence-electron chi connectivity index (χ3n) is 6.76. The minimum atomic E-state index is -0.399. The molecule has 0 atom stereocenters. The number of nitrogens with two attached hydrogens (primary N) is 1. The van der Waals surface area contributed by atoms with Gasteiger partial charge in [0, 0.05) is 36.3 Å². The van der Waals surface area contributed by atoms with E-state index in [1.54, 1.807) is 0 Å². The molecule has 0 saturated carbocycles. The number of carbonyl (C=O) groups is 1. The van der Waals surface area contributed by atoms with Gasteiger partial charge in [0.15, 0.2) is 5.82 Å². The summed E-state index contributed by atoms with van der Waals surface area (Å²) in [6.45, 7) is 2.10. The standard InChI is InChI=1S/C28H31FN6O2/c1-33(2)16-26(36)34-10-8-20(9-11-34)25-15-24(27-28(30)31-18-32-35(25)27)21-12-22(29)14-23(13-21)37-17-19-6-4-3-5-7-19/h3-7,12-15,18,20H,8-11,16-17H2,1-2H3,(H2,30,31,32). The number of nitrogens with zero attached hydrogens (tertiary/aromatic N) is 5. The van der Waals surface area contributed by atoms with Gasteiger partial charge in [-0.05, 0) is 56.3 Å². The van der Waals surface area contributed by atoms with E-state index in [9.17, 15) is 9.18 Å². The van der Waals surface area contributed by atoms with E-state index >= 15 is 0 Å². The van der Waals surface area contributed by atoms with Gasteiger partial charge in [-0.25, -0.2) is 13.9 Å². The van der Waals surface area contributed by atoms with Crippen molar-refractivity contribution in [2.45, 2.75) is 25.4 Å². The lowest BCUT2D eigenvalue weighted by atomic mass is 9.93. The minimum Gasteiger partial charge on any atom is -0.489 e. The molecule has 2 aromatic carbocycles. The molecular formula is C28H31FN6O2. The Kier molecular flexibility index (Phi) is 7.05. The highest BCUT2D eigenvalue weighted by Crippen LogP contribution is 2.38. The highest BCUT2D eigenvalue weighted by Gasteiger charge is 2.28. The van der Waals surface area contributed by atoms with Crippen molar-refractivity contribution in [1.82, 2.24) is 24.4 Å². The number of rotatable bonds is 7. The fraction of sp³-hybridized carbons (Fsp3) is 0.321. The summed E-state index contributed by atoms with van der Waals surface area (Å²) >= 11 is 0. The summed E-state index contributed by atoms with van der Waals surface area (Å²) in [7, 11) is 3.79. The van der Waals surface area contributed by atoms with Crippen molar-refractivity contribution in [2.24, 2.45) is 0 Å². The Morgan fingerprint density at radius 1 is 1.14 bits per heavy atom. The van der Waals surface area contributed by atoms with Crippen molar-refractivity contribution < 1.29 is 13.9 Å². The molecule has 2 aromatic heterocycles. The minimum absolute atomic E-state index is 0.138. The fourth-order valence-corrected chi connectivity index (χ4v) is 4.94. The first-order chi connectivity index (χ1) is 17.9. The number of benzene rings is 2. The molecule has 0 aliphatic carbocycles. The van der Waals surface area contributed by atoms with Gasteiger partial charge in [0.2, 0.25) is 5.91 Å². The molecule has 1 fully saturated rings. The van der Waals surface area contributed by atoms with Crippen LogP contribution in [0.25, 0.3) is 16.6 Å². The molecule has 4 aromatic rings. The fourth-order valence-electron chi connectivity index (χ4n) is 4.94. The van der Waals surface area contributed by atoms with Crippen LogP contribution in [0.4, 0.5) is 10.2 Å². The molecule has 1 saturated heterocycles. The maximum Gasteiger partial charge on any atom is 0.236 e. The number of likely N-dealkylation sites (tertiary alicyclic amines) is 1. The maximum absolute atomic E-state index is 14.7. The topological polar surface area (TPSA) is 89.0 Å². The number of amides is 1. The number of ether oxygens (including phenoxy) is 1. The van der Waals surface area contributed by atoms with E-state index in [4.69, 9.17) is 10.5 Å². The predicted molar refractivity (Wildman–Crippen MR) is 141 cm³/mol. The molecule has 0 unspecified atom stereocenters. The van der Waals surface area contributed by atoms with E-state index in [1.165, 1.54) is 18.5 Å². The van der Waals surface area contributed by atoms with Crippen LogP contribution < -0.4 is 10.5 Å². The molecule has 8 nitrogen and oxygen atoms in total. The Morgan fingerprint density at radius 2 is 1.89 bits per heavy atom. The highest BCUT2D eigenvalue weighted by atomic mass is 19.1. The summed E-state index contributed by atoms with van der Waals surface area (Å²) in [6.07, 6.45) is 3.05. The van der Waals surface area contributed by atoms with Crippen LogP contribution in [0.5, 0.6) is 5.75 Å². The smallest absolute Gasteiger partial charge is 0.236 e. The van der Waals surface area contributed by atoms with Gasteiger partial charge in [-0.15, -0.1) is 0 Å². The molecule has 3 heterocycles. The number of fused-ring (bicyclic) bond motifs is 1. The van der Waals surface area contributed by atoms with Crippen LogP contribution in [0.1, 0.15) is 30.0 Å². The predicted octanol–water partition coefficient (Wildman–Crippen LogP) is 3.96. The van der Waals surface area contributed by atoms with E-state index in [-0.39, 0.29) is 11.8 Å². The van der Waals surface area contributed by atoms with Crippen LogP contribution >= 0.6 is 0 Å².